The number of hydrogen-bond donors (Lipinski definition) is 3. The third-order valence-corrected chi connectivity index (χ3v) is 4.28. The number of aliphatic carboxylic acids is 2. The van der Waals surface area contributed by atoms with E-state index in [1.807, 2.05) is 0 Å². The molecule has 5 nitrogen and oxygen atoms in total. The molecule has 0 aromatic heterocycles. The van der Waals surface area contributed by atoms with E-state index in [0.29, 0.717) is 13.0 Å². The number of aliphatic hydroxyl groups is 1. The van der Waals surface area contributed by atoms with Crippen molar-refractivity contribution in [3.8, 4) is 0 Å². The first-order valence-electron chi connectivity index (χ1n) is 8.53. The van der Waals surface area contributed by atoms with E-state index in [1.54, 1.807) is 0 Å². The van der Waals surface area contributed by atoms with E-state index in [4.69, 9.17) is 15.3 Å². The predicted molar refractivity (Wildman–Crippen MR) is 85.9 cm³/mol. The minimum atomic E-state index is -1.64. The van der Waals surface area contributed by atoms with Crippen molar-refractivity contribution in [2.24, 2.45) is 5.41 Å². The number of carboxylic acids is 2. The van der Waals surface area contributed by atoms with Crippen LogP contribution in [-0.2, 0) is 9.59 Å². The van der Waals surface area contributed by atoms with Crippen LogP contribution in [0, 0.1) is 5.41 Å². The summed E-state index contributed by atoms with van der Waals surface area (Å²) in [6.07, 6.45) is 12.0. The highest BCUT2D eigenvalue weighted by Crippen LogP contribution is 2.25. The van der Waals surface area contributed by atoms with Gasteiger partial charge in [0.25, 0.3) is 0 Å². The summed E-state index contributed by atoms with van der Waals surface area (Å²) in [7, 11) is 0. The molecule has 5 heteroatoms. The van der Waals surface area contributed by atoms with Gasteiger partial charge in [0.15, 0.2) is 5.41 Å². The fourth-order valence-electron chi connectivity index (χ4n) is 2.49. The van der Waals surface area contributed by atoms with Gasteiger partial charge in [0, 0.05) is 6.61 Å². The standard InChI is InChI=1S/C17H32O5/c1-17(15(19)20,16(21)22)13-11-9-7-5-3-2-4-6-8-10-12-14-18/h18H,2-14H2,1H3,(H,19,20)(H,21,22). The van der Waals surface area contributed by atoms with Crippen LogP contribution < -0.4 is 0 Å². The van der Waals surface area contributed by atoms with Gasteiger partial charge in [-0.15, -0.1) is 0 Å². The van der Waals surface area contributed by atoms with Crippen LogP contribution in [0.1, 0.15) is 84.0 Å². The Morgan fingerprint density at radius 2 is 1.00 bits per heavy atom. The molecule has 0 unspecified atom stereocenters. The molecule has 0 saturated carbocycles. The quantitative estimate of drug-likeness (QED) is 0.315. The van der Waals surface area contributed by atoms with Crippen LogP contribution >= 0.6 is 0 Å². The van der Waals surface area contributed by atoms with Crippen molar-refractivity contribution in [2.45, 2.75) is 84.0 Å². The second-order valence-corrected chi connectivity index (χ2v) is 6.31. The second kappa shape index (κ2) is 12.4. The van der Waals surface area contributed by atoms with Crippen molar-refractivity contribution in [1.82, 2.24) is 0 Å². The number of aliphatic hydroxyl groups excluding tert-OH is 1. The summed E-state index contributed by atoms with van der Waals surface area (Å²) in [6.45, 7) is 1.58. The maximum atomic E-state index is 11.0. The Morgan fingerprint density at radius 3 is 1.32 bits per heavy atom. The van der Waals surface area contributed by atoms with Crippen LogP contribution in [0.3, 0.4) is 0 Å². The lowest BCUT2D eigenvalue weighted by atomic mass is 9.85. The van der Waals surface area contributed by atoms with Gasteiger partial charge in [-0.3, -0.25) is 9.59 Å². The molecule has 0 spiro atoms. The predicted octanol–water partition coefficient (Wildman–Crippen LogP) is 3.84. The van der Waals surface area contributed by atoms with Crippen molar-refractivity contribution in [3.63, 3.8) is 0 Å². The van der Waals surface area contributed by atoms with E-state index in [2.05, 4.69) is 0 Å². The van der Waals surface area contributed by atoms with Crippen molar-refractivity contribution < 1.29 is 24.9 Å². The van der Waals surface area contributed by atoms with E-state index in [1.165, 1.54) is 39.0 Å². The van der Waals surface area contributed by atoms with Crippen LogP contribution in [0.25, 0.3) is 0 Å². The van der Waals surface area contributed by atoms with Gasteiger partial charge in [0.2, 0.25) is 0 Å². The van der Waals surface area contributed by atoms with Crippen LogP contribution in [0.4, 0.5) is 0 Å². The molecule has 0 heterocycles. The van der Waals surface area contributed by atoms with Crippen LogP contribution in [-0.4, -0.2) is 33.9 Å². The van der Waals surface area contributed by atoms with Crippen molar-refractivity contribution in [1.29, 1.82) is 0 Å². The highest BCUT2D eigenvalue weighted by molar-refractivity contribution is 5.97. The lowest BCUT2D eigenvalue weighted by molar-refractivity contribution is -0.163. The van der Waals surface area contributed by atoms with Gasteiger partial charge in [-0.2, -0.15) is 0 Å². The Balaban J connectivity index is 3.47. The zero-order chi connectivity index (χ0) is 16.8. The molecular weight excluding hydrogens is 284 g/mol. The van der Waals surface area contributed by atoms with E-state index in [0.717, 1.165) is 32.1 Å². The van der Waals surface area contributed by atoms with Gasteiger partial charge in [-0.05, 0) is 19.8 Å². The SMILES string of the molecule is CC(CCCCCCCCCCCCCO)(C(=O)O)C(=O)O. The zero-order valence-corrected chi connectivity index (χ0v) is 13.9. The Bertz CT molecular complexity index is 300. The minimum absolute atomic E-state index is 0.197. The van der Waals surface area contributed by atoms with Gasteiger partial charge in [0.05, 0.1) is 0 Å². The summed E-state index contributed by atoms with van der Waals surface area (Å²) >= 11 is 0. The Labute approximate surface area is 133 Å². The molecule has 0 saturated heterocycles. The van der Waals surface area contributed by atoms with Crippen molar-refractivity contribution >= 4 is 11.9 Å². The fourth-order valence-corrected chi connectivity index (χ4v) is 2.49. The van der Waals surface area contributed by atoms with E-state index in [-0.39, 0.29) is 6.42 Å². The molecule has 0 aliphatic carbocycles. The maximum absolute atomic E-state index is 11.0. The Morgan fingerprint density at radius 1 is 0.682 bits per heavy atom. The largest absolute Gasteiger partial charge is 0.480 e. The summed E-state index contributed by atoms with van der Waals surface area (Å²) in [5.41, 5.74) is -1.64. The number of carbonyl (C=O) groups is 2. The van der Waals surface area contributed by atoms with Crippen LogP contribution in [0.2, 0.25) is 0 Å². The molecule has 0 aliphatic heterocycles. The molecule has 0 aromatic carbocycles. The summed E-state index contributed by atoms with van der Waals surface area (Å²) in [5.74, 6) is -2.50. The third kappa shape index (κ3) is 9.03. The van der Waals surface area contributed by atoms with Crippen LogP contribution in [0.15, 0.2) is 0 Å². The average Bonchev–Trinajstić information content (AvgIpc) is 2.47. The Kier molecular flexibility index (Phi) is 11.8. The van der Waals surface area contributed by atoms with E-state index < -0.39 is 17.4 Å². The normalized spacial score (nSPS) is 11.5. The lowest BCUT2D eigenvalue weighted by Crippen LogP contribution is -2.36. The van der Waals surface area contributed by atoms with Crippen LogP contribution in [0.5, 0.6) is 0 Å². The minimum Gasteiger partial charge on any atom is -0.480 e. The molecule has 0 fully saturated rings. The summed E-state index contributed by atoms with van der Waals surface area (Å²) in [6, 6.07) is 0. The first-order chi connectivity index (χ1) is 10.4. The second-order valence-electron chi connectivity index (χ2n) is 6.31. The Hall–Kier alpha value is -1.10. The molecule has 0 atom stereocenters. The number of unbranched alkanes of at least 4 members (excludes halogenated alkanes) is 10. The molecule has 0 aromatic rings. The number of hydrogen-bond acceptors (Lipinski definition) is 3. The fraction of sp³-hybridized carbons (Fsp3) is 0.882. The first-order valence-corrected chi connectivity index (χ1v) is 8.53. The lowest BCUT2D eigenvalue weighted by Gasteiger charge is -2.19. The molecule has 0 bridgehead atoms. The van der Waals surface area contributed by atoms with E-state index >= 15 is 0 Å². The molecule has 0 amide bonds. The molecule has 0 aliphatic rings. The summed E-state index contributed by atoms with van der Waals surface area (Å²) < 4.78 is 0. The third-order valence-electron chi connectivity index (χ3n) is 4.28. The van der Waals surface area contributed by atoms with Gasteiger partial charge in [-0.1, -0.05) is 64.2 Å². The maximum Gasteiger partial charge on any atom is 0.320 e. The van der Waals surface area contributed by atoms with Gasteiger partial charge < -0.3 is 15.3 Å². The van der Waals surface area contributed by atoms with Gasteiger partial charge in [-0.25, -0.2) is 0 Å². The molecule has 0 rings (SSSR count). The summed E-state index contributed by atoms with van der Waals surface area (Å²) in [5, 5.41) is 26.6. The van der Waals surface area contributed by atoms with Gasteiger partial charge in [0.1, 0.15) is 0 Å². The number of carboxylic acid groups (broad SMARTS) is 2. The highest BCUT2D eigenvalue weighted by atomic mass is 16.4. The molecule has 3 N–H and O–H groups in total. The molecule has 22 heavy (non-hydrogen) atoms. The highest BCUT2D eigenvalue weighted by Gasteiger charge is 2.40. The zero-order valence-electron chi connectivity index (χ0n) is 13.9. The smallest absolute Gasteiger partial charge is 0.320 e. The average molecular weight is 316 g/mol. The topological polar surface area (TPSA) is 94.8 Å². The first kappa shape index (κ1) is 20.9. The van der Waals surface area contributed by atoms with Gasteiger partial charge >= 0.3 is 11.9 Å². The molecular formula is C17H32O5. The number of rotatable bonds is 15. The summed E-state index contributed by atoms with van der Waals surface area (Å²) in [4.78, 5) is 22.0. The van der Waals surface area contributed by atoms with Crippen molar-refractivity contribution in [3.05, 3.63) is 0 Å². The molecule has 0 radical (unpaired) electrons. The van der Waals surface area contributed by atoms with E-state index in [9.17, 15) is 9.59 Å². The molecule has 130 valence electrons. The monoisotopic (exact) mass is 316 g/mol. The van der Waals surface area contributed by atoms with Crippen molar-refractivity contribution in [2.75, 3.05) is 6.61 Å².